The highest BCUT2D eigenvalue weighted by atomic mass is 19.3. The lowest BCUT2D eigenvalue weighted by Gasteiger charge is -2.08. The first kappa shape index (κ1) is 18.8. The molecule has 1 fully saturated rings. The van der Waals surface area contributed by atoms with E-state index in [9.17, 15) is 13.6 Å². The minimum Gasteiger partial charge on any atom is -0.311 e. The molecule has 1 atom stereocenters. The highest BCUT2D eigenvalue weighted by Gasteiger charge is 2.43. The van der Waals surface area contributed by atoms with Crippen LogP contribution in [0.3, 0.4) is 0 Å². The van der Waals surface area contributed by atoms with Crippen molar-refractivity contribution in [1.82, 2.24) is 20.0 Å². The number of halogens is 2. The van der Waals surface area contributed by atoms with E-state index in [1.165, 1.54) is 5.56 Å². The monoisotopic (exact) mass is 373 g/mol. The summed E-state index contributed by atoms with van der Waals surface area (Å²) in [6.07, 6.45) is 5.43. The third-order valence-electron chi connectivity index (χ3n) is 4.15. The lowest BCUT2D eigenvalue weighted by Crippen LogP contribution is -2.18. The molecule has 142 valence electrons. The summed E-state index contributed by atoms with van der Waals surface area (Å²) in [4.78, 5) is 12.2. The largest absolute Gasteiger partial charge is 0.311 e. The van der Waals surface area contributed by atoms with Crippen LogP contribution < -0.4 is 5.32 Å². The topological polar surface area (TPSA) is 75.6 Å². The first-order valence-electron chi connectivity index (χ1n) is 8.64. The fourth-order valence-electron chi connectivity index (χ4n) is 2.28. The van der Waals surface area contributed by atoms with Gasteiger partial charge in [-0.2, -0.15) is 10.2 Å². The van der Waals surface area contributed by atoms with Gasteiger partial charge in [-0.3, -0.25) is 9.89 Å². The summed E-state index contributed by atoms with van der Waals surface area (Å²) in [6.45, 7) is 3.89. The highest BCUT2D eigenvalue weighted by molar-refractivity contribution is 5.94. The zero-order chi connectivity index (χ0) is 19.4. The van der Waals surface area contributed by atoms with Gasteiger partial charge in [0, 0.05) is 30.7 Å². The maximum absolute atomic E-state index is 12.2. The number of carbonyl (C=O) groups excluding carboxylic acids is 1. The van der Waals surface area contributed by atoms with Gasteiger partial charge in [0.2, 0.25) is 11.8 Å². The van der Waals surface area contributed by atoms with Crippen LogP contribution in [0, 0.1) is 6.92 Å². The second-order valence-corrected chi connectivity index (χ2v) is 6.59. The maximum atomic E-state index is 12.2. The number of amides is 1. The number of carbonyl (C=O) groups is 1. The van der Waals surface area contributed by atoms with E-state index >= 15 is 0 Å². The number of hydrogen-bond donors (Lipinski definition) is 2. The van der Waals surface area contributed by atoms with E-state index in [0.29, 0.717) is 5.82 Å². The second-order valence-electron chi connectivity index (χ2n) is 6.59. The summed E-state index contributed by atoms with van der Waals surface area (Å²) in [6, 6.07) is 9.76. The Kier molecular flexibility index (Phi) is 5.34. The van der Waals surface area contributed by atoms with Crippen molar-refractivity contribution in [3.05, 3.63) is 60.0 Å². The molecule has 0 saturated heterocycles. The van der Waals surface area contributed by atoms with Crippen LogP contribution in [-0.2, 0) is 4.79 Å². The molecule has 1 amide bonds. The SMILES string of the molecule is Cc1cccc(-n2cc(C(C)C(=O)Nc3ccn[nH]3)cn2)c1.FC1(F)CC1. The Hall–Kier alpha value is -3.03. The fraction of sp³-hybridized carbons (Fsp3) is 0.316. The molecule has 4 rings (SSSR count). The van der Waals surface area contributed by atoms with Gasteiger partial charge >= 0.3 is 0 Å². The quantitative estimate of drug-likeness (QED) is 0.724. The van der Waals surface area contributed by atoms with Gasteiger partial charge in [0.1, 0.15) is 5.82 Å². The summed E-state index contributed by atoms with van der Waals surface area (Å²) in [5, 5.41) is 13.6. The third kappa shape index (κ3) is 5.22. The van der Waals surface area contributed by atoms with Crippen molar-refractivity contribution in [2.75, 3.05) is 5.32 Å². The summed E-state index contributed by atoms with van der Waals surface area (Å²) in [5.74, 6) is -2.07. The van der Waals surface area contributed by atoms with E-state index in [4.69, 9.17) is 0 Å². The number of nitrogens with zero attached hydrogens (tertiary/aromatic N) is 3. The van der Waals surface area contributed by atoms with Crippen molar-refractivity contribution in [2.45, 2.75) is 38.5 Å². The Bertz CT molecular complexity index is 898. The van der Waals surface area contributed by atoms with E-state index in [2.05, 4.69) is 20.6 Å². The number of anilines is 1. The number of aromatic nitrogens is 4. The molecule has 6 nitrogen and oxygen atoms in total. The third-order valence-corrected chi connectivity index (χ3v) is 4.15. The van der Waals surface area contributed by atoms with E-state index < -0.39 is 5.92 Å². The van der Waals surface area contributed by atoms with Crippen LogP contribution in [0.2, 0.25) is 0 Å². The fourth-order valence-corrected chi connectivity index (χ4v) is 2.28. The molecule has 0 radical (unpaired) electrons. The molecule has 1 aliphatic carbocycles. The molecule has 1 unspecified atom stereocenters. The van der Waals surface area contributed by atoms with Crippen LogP contribution in [0.4, 0.5) is 14.6 Å². The van der Waals surface area contributed by atoms with Gasteiger partial charge in [0.05, 0.1) is 24.0 Å². The minimum absolute atomic E-state index is 0.104. The Morgan fingerprint density at radius 2 is 2.07 bits per heavy atom. The van der Waals surface area contributed by atoms with Gasteiger partial charge in [-0.25, -0.2) is 13.5 Å². The molecule has 0 bridgehead atoms. The second kappa shape index (κ2) is 7.69. The Morgan fingerprint density at radius 1 is 1.33 bits per heavy atom. The van der Waals surface area contributed by atoms with Crippen molar-refractivity contribution < 1.29 is 13.6 Å². The van der Waals surface area contributed by atoms with Crippen molar-refractivity contribution in [3.8, 4) is 5.69 Å². The predicted molar refractivity (Wildman–Crippen MR) is 98.1 cm³/mol. The molecular weight excluding hydrogens is 352 g/mol. The number of aromatic amines is 1. The van der Waals surface area contributed by atoms with Crippen LogP contribution in [0.5, 0.6) is 0 Å². The summed E-state index contributed by atoms with van der Waals surface area (Å²) < 4.78 is 24.0. The van der Waals surface area contributed by atoms with Crippen molar-refractivity contribution >= 4 is 11.7 Å². The first-order chi connectivity index (χ1) is 12.8. The Balaban J connectivity index is 0.000000364. The summed E-state index contributed by atoms with van der Waals surface area (Å²) in [5.41, 5.74) is 3.01. The van der Waals surface area contributed by atoms with E-state index in [1.54, 1.807) is 23.1 Å². The Labute approximate surface area is 155 Å². The number of nitrogens with one attached hydrogen (secondary N) is 2. The number of hydrogen-bond acceptors (Lipinski definition) is 3. The molecule has 1 aromatic carbocycles. The van der Waals surface area contributed by atoms with Crippen LogP contribution in [0.25, 0.3) is 5.69 Å². The van der Waals surface area contributed by atoms with Gasteiger partial charge in [0.25, 0.3) is 0 Å². The number of aryl methyl sites for hydroxylation is 1. The molecule has 1 aliphatic rings. The smallest absolute Gasteiger partial charge is 0.248 e. The zero-order valence-corrected chi connectivity index (χ0v) is 15.1. The average Bonchev–Trinajstić information content (AvgIpc) is 3.07. The van der Waals surface area contributed by atoms with Crippen LogP contribution in [0.15, 0.2) is 48.9 Å². The normalized spacial score (nSPS) is 15.4. The number of alkyl halides is 2. The molecule has 3 aromatic rings. The van der Waals surface area contributed by atoms with Crippen molar-refractivity contribution in [2.24, 2.45) is 0 Å². The molecule has 2 heterocycles. The molecule has 0 spiro atoms. The zero-order valence-electron chi connectivity index (χ0n) is 15.1. The van der Waals surface area contributed by atoms with Crippen molar-refractivity contribution in [1.29, 1.82) is 0 Å². The number of H-pyrrole nitrogens is 1. The molecule has 2 N–H and O–H groups in total. The van der Waals surface area contributed by atoms with Crippen molar-refractivity contribution in [3.63, 3.8) is 0 Å². The molecule has 2 aromatic heterocycles. The average molecular weight is 373 g/mol. The maximum Gasteiger partial charge on any atom is 0.248 e. The lowest BCUT2D eigenvalue weighted by atomic mass is 10.0. The number of rotatable bonds is 4. The number of benzene rings is 1. The van der Waals surface area contributed by atoms with Crippen LogP contribution in [0.1, 0.15) is 36.8 Å². The van der Waals surface area contributed by atoms with Crippen LogP contribution >= 0.6 is 0 Å². The molecular formula is C19H21F2N5O. The summed E-state index contributed by atoms with van der Waals surface area (Å²) in [7, 11) is 0. The lowest BCUT2D eigenvalue weighted by molar-refractivity contribution is -0.117. The van der Waals surface area contributed by atoms with Gasteiger partial charge < -0.3 is 5.32 Å². The van der Waals surface area contributed by atoms with Gasteiger partial charge in [0.15, 0.2) is 0 Å². The van der Waals surface area contributed by atoms with Crippen LogP contribution in [-0.4, -0.2) is 31.8 Å². The molecule has 1 saturated carbocycles. The van der Waals surface area contributed by atoms with Gasteiger partial charge in [-0.15, -0.1) is 0 Å². The van der Waals surface area contributed by atoms with E-state index in [0.717, 1.165) is 11.3 Å². The van der Waals surface area contributed by atoms with Gasteiger partial charge in [-0.05, 0) is 31.5 Å². The minimum atomic E-state index is -2.25. The van der Waals surface area contributed by atoms with E-state index in [-0.39, 0.29) is 24.7 Å². The highest BCUT2D eigenvalue weighted by Crippen LogP contribution is 2.40. The standard InChI is InChI=1S/C16H17N5O.C3H4F2/c1-11-4-3-5-14(8-11)21-10-13(9-18-21)12(2)16(22)19-15-6-7-17-20-15;4-3(5)1-2-3/h3-10,12H,1-2H3,(H2,17,19,20,22);1-2H2. The predicted octanol–water partition coefficient (Wildman–Crippen LogP) is 4.06. The first-order valence-corrected chi connectivity index (χ1v) is 8.64. The molecule has 27 heavy (non-hydrogen) atoms. The Morgan fingerprint density at radius 3 is 2.67 bits per heavy atom. The van der Waals surface area contributed by atoms with Gasteiger partial charge in [-0.1, -0.05) is 12.1 Å². The molecule has 8 heteroatoms. The molecule has 0 aliphatic heterocycles. The van der Waals surface area contributed by atoms with E-state index in [1.807, 2.05) is 44.3 Å². The summed E-state index contributed by atoms with van der Waals surface area (Å²) >= 11 is 0.